The topological polar surface area (TPSA) is 85.0 Å². The summed E-state index contributed by atoms with van der Waals surface area (Å²) in [5.41, 5.74) is 0.458. The standard InChI is InChI=1S/C13H14N2O5/c1-18-7-9-5-15(12(6-16)19-9)13-10-3-2-8(17)4-11(10)20-14-13/h2-4,6,9,12,17H,5,7H2,1H3/t9-,12?/m0/s1. The molecule has 1 saturated heterocycles. The molecule has 1 N–H and O–H groups in total. The van der Waals surface area contributed by atoms with E-state index in [0.29, 0.717) is 24.6 Å². The van der Waals surface area contributed by atoms with Gasteiger partial charge in [-0.2, -0.15) is 0 Å². The van der Waals surface area contributed by atoms with Crippen molar-refractivity contribution in [3.8, 4) is 5.75 Å². The van der Waals surface area contributed by atoms with Crippen LogP contribution in [0.3, 0.4) is 0 Å². The van der Waals surface area contributed by atoms with Crippen molar-refractivity contribution in [2.75, 3.05) is 25.2 Å². The molecule has 1 aliphatic heterocycles. The Balaban J connectivity index is 1.95. The number of hydrogen-bond donors (Lipinski definition) is 1. The number of phenolic OH excluding ortho intramolecular Hbond substituents is 1. The van der Waals surface area contributed by atoms with Crippen LogP contribution >= 0.6 is 0 Å². The molecule has 0 amide bonds. The highest BCUT2D eigenvalue weighted by atomic mass is 16.6. The summed E-state index contributed by atoms with van der Waals surface area (Å²) in [5.74, 6) is 0.623. The predicted molar refractivity (Wildman–Crippen MR) is 69.6 cm³/mol. The molecule has 0 spiro atoms. The van der Waals surface area contributed by atoms with E-state index in [1.165, 1.54) is 6.07 Å². The number of ether oxygens (including phenoxy) is 2. The highest BCUT2D eigenvalue weighted by molar-refractivity contribution is 5.90. The Morgan fingerprint density at radius 1 is 1.60 bits per heavy atom. The van der Waals surface area contributed by atoms with Crippen molar-refractivity contribution in [2.45, 2.75) is 12.3 Å². The van der Waals surface area contributed by atoms with E-state index in [0.717, 1.165) is 11.7 Å². The molecule has 3 rings (SSSR count). The van der Waals surface area contributed by atoms with Crippen molar-refractivity contribution in [3.05, 3.63) is 18.2 Å². The predicted octanol–water partition coefficient (Wildman–Crippen LogP) is 0.910. The quantitative estimate of drug-likeness (QED) is 0.832. The fourth-order valence-electron chi connectivity index (χ4n) is 2.35. The SMILES string of the molecule is COC[C@@H]1CN(c2noc3cc(O)ccc23)C(C=O)O1. The first-order valence-corrected chi connectivity index (χ1v) is 6.17. The van der Waals surface area contributed by atoms with Crippen LogP contribution in [0.2, 0.25) is 0 Å². The second-order valence-electron chi connectivity index (χ2n) is 4.58. The van der Waals surface area contributed by atoms with E-state index in [4.69, 9.17) is 14.0 Å². The molecule has 1 fully saturated rings. The van der Waals surface area contributed by atoms with Crippen LogP contribution in [0.25, 0.3) is 11.0 Å². The van der Waals surface area contributed by atoms with Gasteiger partial charge in [0.25, 0.3) is 0 Å². The van der Waals surface area contributed by atoms with Gasteiger partial charge in [0, 0.05) is 13.2 Å². The van der Waals surface area contributed by atoms with Gasteiger partial charge in [0.05, 0.1) is 18.5 Å². The van der Waals surface area contributed by atoms with Crippen LogP contribution in [-0.2, 0) is 14.3 Å². The molecule has 1 aliphatic rings. The van der Waals surface area contributed by atoms with E-state index in [9.17, 15) is 9.90 Å². The zero-order chi connectivity index (χ0) is 14.1. The van der Waals surface area contributed by atoms with E-state index in [2.05, 4.69) is 5.16 Å². The second-order valence-corrected chi connectivity index (χ2v) is 4.58. The van der Waals surface area contributed by atoms with Crippen LogP contribution in [0.5, 0.6) is 5.75 Å². The third-order valence-electron chi connectivity index (χ3n) is 3.22. The summed E-state index contributed by atoms with van der Waals surface area (Å²) in [7, 11) is 1.58. The highest BCUT2D eigenvalue weighted by Crippen LogP contribution is 2.32. The Kier molecular flexibility index (Phi) is 3.29. The number of aldehydes is 1. The number of fused-ring (bicyclic) bond motifs is 1. The number of methoxy groups -OCH3 is 1. The summed E-state index contributed by atoms with van der Waals surface area (Å²) in [6.45, 7) is 0.886. The van der Waals surface area contributed by atoms with Crippen LogP contribution in [-0.4, -0.2) is 49.1 Å². The zero-order valence-corrected chi connectivity index (χ0v) is 10.9. The molecular formula is C13H14N2O5. The van der Waals surface area contributed by atoms with Crippen molar-refractivity contribution in [1.82, 2.24) is 5.16 Å². The number of aromatic hydroxyl groups is 1. The molecule has 1 unspecified atom stereocenters. The van der Waals surface area contributed by atoms with Gasteiger partial charge in [-0.3, -0.25) is 4.79 Å². The molecule has 0 radical (unpaired) electrons. The molecule has 20 heavy (non-hydrogen) atoms. The maximum atomic E-state index is 11.1. The molecule has 106 valence electrons. The van der Waals surface area contributed by atoms with Crippen molar-refractivity contribution < 1.29 is 23.9 Å². The van der Waals surface area contributed by atoms with Crippen LogP contribution in [0.1, 0.15) is 0 Å². The Morgan fingerprint density at radius 2 is 2.45 bits per heavy atom. The fraction of sp³-hybridized carbons (Fsp3) is 0.385. The molecule has 0 bridgehead atoms. The van der Waals surface area contributed by atoms with Gasteiger partial charge < -0.3 is 24.0 Å². The monoisotopic (exact) mass is 278 g/mol. The lowest BCUT2D eigenvalue weighted by Gasteiger charge is -2.17. The first-order chi connectivity index (χ1) is 9.72. The molecular weight excluding hydrogens is 264 g/mol. The zero-order valence-electron chi connectivity index (χ0n) is 10.9. The van der Waals surface area contributed by atoms with Crippen LogP contribution in [0.15, 0.2) is 22.7 Å². The summed E-state index contributed by atoms with van der Waals surface area (Å²) in [5, 5.41) is 14.1. The Labute approximate surface area is 114 Å². The van der Waals surface area contributed by atoms with E-state index in [-0.39, 0.29) is 11.9 Å². The number of phenols is 1. The summed E-state index contributed by atoms with van der Waals surface area (Å²) >= 11 is 0. The summed E-state index contributed by atoms with van der Waals surface area (Å²) in [6, 6.07) is 4.72. The molecule has 7 heteroatoms. The molecule has 2 atom stereocenters. The van der Waals surface area contributed by atoms with Gasteiger partial charge in [0.1, 0.15) is 11.9 Å². The van der Waals surface area contributed by atoms with Crippen molar-refractivity contribution >= 4 is 23.1 Å². The van der Waals surface area contributed by atoms with Gasteiger partial charge in [-0.15, -0.1) is 0 Å². The van der Waals surface area contributed by atoms with Crippen LogP contribution in [0, 0.1) is 0 Å². The minimum absolute atomic E-state index is 0.0991. The normalized spacial score (nSPS) is 22.6. The Bertz CT molecular complexity index is 626. The van der Waals surface area contributed by atoms with Gasteiger partial charge >= 0.3 is 0 Å². The van der Waals surface area contributed by atoms with Crippen molar-refractivity contribution in [2.24, 2.45) is 0 Å². The lowest BCUT2D eigenvalue weighted by molar-refractivity contribution is -0.118. The largest absolute Gasteiger partial charge is 0.508 e. The Morgan fingerprint density at radius 3 is 3.20 bits per heavy atom. The first-order valence-electron chi connectivity index (χ1n) is 6.17. The summed E-state index contributed by atoms with van der Waals surface area (Å²) in [6.07, 6.45) is -0.187. The van der Waals surface area contributed by atoms with Gasteiger partial charge in [-0.05, 0) is 12.1 Å². The summed E-state index contributed by atoms with van der Waals surface area (Å²) in [4.78, 5) is 12.9. The number of hydrogen-bond acceptors (Lipinski definition) is 7. The minimum Gasteiger partial charge on any atom is -0.508 e. The van der Waals surface area contributed by atoms with Crippen LogP contribution in [0.4, 0.5) is 5.82 Å². The third kappa shape index (κ3) is 2.10. The van der Waals surface area contributed by atoms with E-state index >= 15 is 0 Å². The van der Waals surface area contributed by atoms with Gasteiger partial charge in [0.2, 0.25) is 0 Å². The number of rotatable bonds is 4. The highest BCUT2D eigenvalue weighted by Gasteiger charge is 2.35. The van der Waals surface area contributed by atoms with E-state index in [1.54, 1.807) is 24.1 Å². The summed E-state index contributed by atoms with van der Waals surface area (Å²) < 4.78 is 15.8. The maximum Gasteiger partial charge on any atom is 0.188 e. The fourth-order valence-corrected chi connectivity index (χ4v) is 2.35. The van der Waals surface area contributed by atoms with E-state index < -0.39 is 6.23 Å². The van der Waals surface area contributed by atoms with E-state index in [1.807, 2.05) is 0 Å². The molecule has 1 aromatic carbocycles. The third-order valence-corrected chi connectivity index (χ3v) is 3.22. The molecule has 1 aromatic heterocycles. The first kappa shape index (κ1) is 12.9. The average molecular weight is 278 g/mol. The number of benzene rings is 1. The lowest BCUT2D eigenvalue weighted by atomic mass is 10.2. The average Bonchev–Trinajstić information content (AvgIpc) is 3.01. The molecule has 2 aromatic rings. The maximum absolute atomic E-state index is 11.1. The number of aromatic nitrogens is 1. The van der Waals surface area contributed by atoms with Gasteiger partial charge in [-0.1, -0.05) is 5.16 Å². The molecule has 0 aliphatic carbocycles. The smallest absolute Gasteiger partial charge is 0.188 e. The van der Waals surface area contributed by atoms with Gasteiger partial charge in [-0.25, -0.2) is 0 Å². The van der Waals surface area contributed by atoms with Crippen molar-refractivity contribution in [3.63, 3.8) is 0 Å². The number of carbonyl (C=O) groups excluding carboxylic acids is 1. The number of anilines is 1. The number of carbonyl (C=O) groups is 1. The second kappa shape index (κ2) is 5.10. The van der Waals surface area contributed by atoms with Crippen molar-refractivity contribution in [1.29, 1.82) is 0 Å². The number of nitrogens with zero attached hydrogens (tertiary/aromatic N) is 2. The lowest BCUT2D eigenvalue weighted by Crippen LogP contribution is -2.31. The van der Waals surface area contributed by atoms with Crippen LogP contribution < -0.4 is 4.90 Å². The molecule has 0 saturated carbocycles. The Hall–Kier alpha value is -2.12. The molecule has 7 nitrogen and oxygen atoms in total. The molecule has 2 heterocycles. The minimum atomic E-state index is -0.711. The van der Waals surface area contributed by atoms with Gasteiger partial charge in [0.15, 0.2) is 23.9 Å².